The van der Waals surface area contributed by atoms with Crippen molar-refractivity contribution in [3.05, 3.63) is 47.0 Å². The smallest absolute Gasteiger partial charge is 0.252 e. The van der Waals surface area contributed by atoms with Crippen LogP contribution in [0.15, 0.2) is 24.3 Å². The molecule has 3 aromatic rings. The van der Waals surface area contributed by atoms with E-state index < -0.39 is 0 Å². The monoisotopic (exact) mass is 366 g/mol. The zero-order chi connectivity index (χ0) is 19.6. The van der Waals surface area contributed by atoms with Crippen LogP contribution in [0.4, 0.5) is 11.4 Å². The van der Waals surface area contributed by atoms with Crippen LogP contribution in [0.25, 0.3) is 5.78 Å². The van der Waals surface area contributed by atoms with Crippen LogP contribution in [0, 0.1) is 20.8 Å². The first-order valence-electron chi connectivity index (χ1n) is 8.70. The fraction of sp³-hybridized carbons (Fsp3) is 0.316. The predicted molar refractivity (Wildman–Crippen MR) is 103 cm³/mol. The van der Waals surface area contributed by atoms with Crippen LogP contribution in [0.1, 0.15) is 36.1 Å². The quantitative estimate of drug-likeness (QED) is 0.723. The van der Waals surface area contributed by atoms with E-state index in [1.807, 2.05) is 20.8 Å². The molecule has 1 aromatic carbocycles. The molecule has 2 N–H and O–H groups in total. The maximum atomic E-state index is 12.3. The van der Waals surface area contributed by atoms with E-state index in [1.165, 1.54) is 6.92 Å². The summed E-state index contributed by atoms with van der Waals surface area (Å²) in [4.78, 5) is 32.1. The maximum Gasteiger partial charge on any atom is 0.252 e. The predicted octanol–water partition coefficient (Wildman–Crippen LogP) is 2.58. The molecule has 0 saturated heterocycles. The molecule has 0 aliphatic rings. The molecule has 2 aromatic heterocycles. The lowest BCUT2D eigenvalue weighted by Gasteiger charge is -2.11. The van der Waals surface area contributed by atoms with Gasteiger partial charge in [-0.3, -0.25) is 9.59 Å². The number of carbonyl (C=O) groups excluding carboxylic acids is 2. The molecule has 0 bridgehead atoms. The first-order chi connectivity index (χ1) is 12.8. The Balaban J connectivity index is 1.65. The number of nitrogens with one attached hydrogen (secondary N) is 2. The Morgan fingerprint density at radius 3 is 2.26 bits per heavy atom. The first-order valence-corrected chi connectivity index (χ1v) is 8.70. The van der Waals surface area contributed by atoms with Gasteiger partial charge in [0.05, 0.1) is 0 Å². The topological polar surface area (TPSA) is 101 Å². The van der Waals surface area contributed by atoms with Gasteiger partial charge in [0.15, 0.2) is 0 Å². The molecule has 8 heteroatoms. The van der Waals surface area contributed by atoms with Gasteiger partial charge in [0.25, 0.3) is 5.78 Å². The Morgan fingerprint density at radius 2 is 1.63 bits per heavy atom. The summed E-state index contributed by atoms with van der Waals surface area (Å²) in [7, 11) is 0. The SMILES string of the molecule is CC(=O)Nc1ccc(NC(=O)CCc2c(C)nc3nc(C)nn3c2C)cc1. The van der Waals surface area contributed by atoms with E-state index in [2.05, 4.69) is 25.7 Å². The molecule has 0 aliphatic heterocycles. The molecule has 2 amide bonds. The molecular weight excluding hydrogens is 344 g/mol. The van der Waals surface area contributed by atoms with Crippen molar-refractivity contribution >= 4 is 29.0 Å². The van der Waals surface area contributed by atoms with Gasteiger partial charge in [0.2, 0.25) is 11.8 Å². The largest absolute Gasteiger partial charge is 0.326 e. The minimum absolute atomic E-state index is 0.0871. The van der Waals surface area contributed by atoms with Crippen LogP contribution in [0.2, 0.25) is 0 Å². The summed E-state index contributed by atoms with van der Waals surface area (Å²) < 4.78 is 1.72. The molecule has 140 valence electrons. The first kappa shape index (κ1) is 18.5. The van der Waals surface area contributed by atoms with Crippen molar-refractivity contribution in [3.8, 4) is 0 Å². The lowest BCUT2D eigenvalue weighted by molar-refractivity contribution is -0.116. The van der Waals surface area contributed by atoms with E-state index in [9.17, 15) is 9.59 Å². The molecular formula is C19H22N6O2. The summed E-state index contributed by atoms with van der Waals surface area (Å²) in [5.74, 6) is 1.03. The molecule has 0 fully saturated rings. The molecule has 0 aliphatic carbocycles. The third kappa shape index (κ3) is 4.28. The van der Waals surface area contributed by atoms with E-state index in [-0.39, 0.29) is 11.8 Å². The van der Waals surface area contributed by atoms with E-state index in [1.54, 1.807) is 28.8 Å². The van der Waals surface area contributed by atoms with Gasteiger partial charge in [0, 0.05) is 36.1 Å². The van der Waals surface area contributed by atoms with Crippen LogP contribution in [-0.4, -0.2) is 31.4 Å². The van der Waals surface area contributed by atoms with Crippen molar-refractivity contribution in [3.63, 3.8) is 0 Å². The van der Waals surface area contributed by atoms with E-state index in [4.69, 9.17) is 0 Å². The van der Waals surface area contributed by atoms with Crippen molar-refractivity contribution in [1.82, 2.24) is 19.6 Å². The Hall–Kier alpha value is -3.29. The molecule has 0 spiro atoms. The van der Waals surface area contributed by atoms with Gasteiger partial charge >= 0.3 is 0 Å². The summed E-state index contributed by atoms with van der Waals surface area (Å²) in [6, 6.07) is 7.00. The number of hydrogen-bond acceptors (Lipinski definition) is 5. The van der Waals surface area contributed by atoms with E-state index >= 15 is 0 Å². The molecule has 2 heterocycles. The normalized spacial score (nSPS) is 10.8. The Morgan fingerprint density at radius 1 is 1.00 bits per heavy atom. The highest BCUT2D eigenvalue weighted by Gasteiger charge is 2.13. The molecule has 8 nitrogen and oxygen atoms in total. The number of aromatic nitrogens is 4. The van der Waals surface area contributed by atoms with Crippen LogP contribution in [0.5, 0.6) is 0 Å². The third-order valence-corrected chi connectivity index (χ3v) is 4.25. The zero-order valence-corrected chi connectivity index (χ0v) is 15.8. The summed E-state index contributed by atoms with van der Waals surface area (Å²) in [5.41, 5.74) is 4.19. The van der Waals surface area contributed by atoms with Gasteiger partial charge in [0.1, 0.15) is 5.82 Å². The summed E-state index contributed by atoms with van der Waals surface area (Å²) in [5, 5.41) is 9.91. The molecule has 0 saturated carbocycles. The second-order valence-corrected chi connectivity index (χ2v) is 6.44. The standard InChI is InChI=1S/C19H22N6O2/c1-11-17(12(2)25-19(20-11)21-13(3)24-25)9-10-18(27)23-16-7-5-15(6-8-16)22-14(4)26/h5-8H,9-10H2,1-4H3,(H,22,26)(H,23,27). The number of aryl methyl sites for hydroxylation is 3. The molecule has 0 atom stereocenters. The van der Waals surface area contributed by atoms with Crippen molar-refractivity contribution in [2.75, 3.05) is 10.6 Å². The number of benzene rings is 1. The molecule has 3 rings (SSSR count). The second-order valence-electron chi connectivity index (χ2n) is 6.44. The van der Waals surface area contributed by atoms with Crippen LogP contribution >= 0.6 is 0 Å². The van der Waals surface area contributed by atoms with Gasteiger partial charge in [-0.05, 0) is 57.0 Å². The number of hydrogen-bond donors (Lipinski definition) is 2. The average molecular weight is 366 g/mol. The number of amides is 2. The Kier molecular flexibility index (Phi) is 5.16. The number of rotatable bonds is 5. The number of carbonyl (C=O) groups is 2. The van der Waals surface area contributed by atoms with E-state index in [0.717, 1.165) is 17.0 Å². The molecule has 0 radical (unpaired) electrons. The summed E-state index contributed by atoms with van der Waals surface area (Å²) in [6.45, 7) is 7.16. The van der Waals surface area contributed by atoms with Gasteiger partial charge in [-0.25, -0.2) is 9.50 Å². The van der Waals surface area contributed by atoms with Gasteiger partial charge in [-0.1, -0.05) is 0 Å². The third-order valence-electron chi connectivity index (χ3n) is 4.25. The van der Waals surface area contributed by atoms with Crippen LogP contribution in [0.3, 0.4) is 0 Å². The Labute approximate surface area is 157 Å². The average Bonchev–Trinajstić information content (AvgIpc) is 2.96. The van der Waals surface area contributed by atoms with Crippen LogP contribution in [-0.2, 0) is 16.0 Å². The van der Waals surface area contributed by atoms with Gasteiger partial charge in [-0.2, -0.15) is 10.1 Å². The van der Waals surface area contributed by atoms with Gasteiger partial charge in [-0.15, -0.1) is 0 Å². The van der Waals surface area contributed by atoms with Crippen molar-refractivity contribution in [1.29, 1.82) is 0 Å². The van der Waals surface area contributed by atoms with E-state index in [0.29, 0.717) is 35.8 Å². The van der Waals surface area contributed by atoms with Crippen LogP contribution < -0.4 is 10.6 Å². The highest BCUT2D eigenvalue weighted by atomic mass is 16.2. The number of fused-ring (bicyclic) bond motifs is 1. The molecule has 0 unspecified atom stereocenters. The van der Waals surface area contributed by atoms with Crippen molar-refractivity contribution < 1.29 is 9.59 Å². The lowest BCUT2D eigenvalue weighted by Crippen LogP contribution is -2.14. The van der Waals surface area contributed by atoms with Crippen molar-refractivity contribution in [2.24, 2.45) is 0 Å². The highest BCUT2D eigenvalue weighted by molar-refractivity contribution is 5.92. The summed E-state index contributed by atoms with van der Waals surface area (Å²) in [6.07, 6.45) is 0.894. The van der Waals surface area contributed by atoms with Crippen molar-refractivity contribution in [2.45, 2.75) is 40.5 Å². The number of anilines is 2. The molecule has 27 heavy (non-hydrogen) atoms. The Bertz CT molecular complexity index is 1010. The summed E-state index contributed by atoms with van der Waals surface area (Å²) >= 11 is 0. The highest BCUT2D eigenvalue weighted by Crippen LogP contribution is 2.17. The zero-order valence-electron chi connectivity index (χ0n) is 15.8. The second kappa shape index (κ2) is 7.53. The minimum atomic E-state index is -0.134. The fourth-order valence-corrected chi connectivity index (χ4v) is 2.97. The van der Waals surface area contributed by atoms with Gasteiger partial charge < -0.3 is 10.6 Å². The maximum absolute atomic E-state index is 12.3. The fourth-order valence-electron chi connectivity index (χ4n) is 2.97. The lowest BCUT2D eigenvalue weighted by atomic mass is 10.1. The minimum Gasteiger partial charge on any atom is -0.326 e. The number of nitrogens with zero attached hydrogens (tertiary/aromatic N) is 4.